The Labute approximate surface area is 155 Å². The SMILES string of the molecule is COC(=O)CCN(C(=O)/C=C/c1ccc(F)cc1)C1CCCCCCC1. The Kier molecular flexibility index (Phi) is 8.32. The number of benzene rings is 1. The number of rotatable bonds is 6. The van der Waals surface area contributed by atoms with Gasteiger partial charge >= 0.3 is 5.97 Å². The zero-order valence-corrected chi connectivity index (χ0v) is 15.5. The van der Waals surface area contributed by atoms with E-state index in [2.05, 4.69) is 0 Å². The molecule has 0 spiro atoms. The fourth-order valence-electron chi connectivity index (χ4n) is 3.37. The third kappa shape index (κ3) is 6.62. The molecule has 0 atom stereocenters. The van der Waals surface area contributed by atoms with Crippen molar-refractivity contribution in [1.29, 1.82) is 0 Å². The minimum absolute atomic E-state index is 0.108. The van der Waals surface area contributed by atoms with Crippen molar-refractivity contribution in [3.05, 3.63) is 41.7 Å². The van der Waals surface area contributed by atoms with Gasteiger partial charge in [-0.05, 0) is 36.6 Å². The van der Waals surface area contributed by atoms with Crippen LogP contribution in [-0.2, 0) is 14.3 Å². The predicted octanol–water partition coefficient (Wildman–Crippen LogP) is 4.34. The summed E-state index contributed by atoms with van der Waals surface area (Å²) in [5.74, 6) is -0.720. The van der Waals surface area contributed by atoms with Crippen LogP contribution in [0.4, 0.5) is 4.39 Å². The number of amides is 1. The van der Waals surface area contributed by atoms with Crippen LogP contribution in [0.1, 0.15) is 56.9 Å². The lowest BCUT2D eigenvalue weighted by Crippen LogP contribution is -2.41. The van der Waals surface area contributed by atoms with Crippen molar-refractivity contribution < 1.29 is 18.7 Å². The van der Waals surface area contributed by atoms with Crippen molar-refractivity contribution in [2.45, 2.75) is 57.4 Å². The Balaban J connectivity index is 2.07. The van der Waals surface area contributed by atoms with Gasteiger partial charge in [-0.1, -0.05) is 44.2 Å². The van der Waals surface area contributed by atoms with Crippen LogP contribution >= 0.6 is 0 Å². The van der Waals surface area contributed by atoms with Crippen molar-refractivity contribution >= 4 is 18.0 Å². The van der Waals surface area contributed by atoms with Gasteiger partial charge in [-0.15, -0.1) is 0 Å². The van der Waals surface area contributed by atoms with E-state index >= 15 is 0 Å². The number of ether oxygens (including phenoxy) is 1. The summed E-state index contributed by atoms with van der Waals surface area (Å²) >= 11 is 0. The van der Waals surface area contributed by atoms with E-state index in [1.54, 1.807) is 18.2 Å². The molecule has 4 nitrogen and oxygen atoms in total. The minimum Gasteiger partial charge on any atom is -0.469 e. The number of nitrogens with zero attached hydrogens (tertiary/aromatic N) is 1. The zero-order chi connectivity index (χ0) is 18.8. The van der Waals surface area contributed by atoms with Crippen LogP contribution in [0.3, 0.4) is 0 Å². The lowest BCUT2D eigenvalue weighted by Gasteiger charge is -2.32. The molecule has 0 aromatic heterocycles. The number of esters is 1. The van der Waals surface area contributed by atoms with Gasteiger partial charge in [-0.3, -0.25) is 9.59 Å². The molecular formula is C21H28FNO3. The summed E-state index contributed by atoms with van der Waals surface area (Å²) in [4.78, 5) is 26.1. The first kappa shape index (κ1) is 20.1. The van der Waals surface area contributed by atoms with E-state index in [1.165, 1.54) is 44.6 Å². The molecule has 1 aromatic carbocycles. The molecule has 5 heteroatoms. The normalized spacial score (nSPS) is 16.1. The molecule has 26 heavy (non-hydrogen) atoms. The number of halogens is 1. The van der Waals surface area contributed by atoms with Crippen LogP contribution in [0, 0.1) is 5.82 Å². The highest BCUT2D eigenvalue weighted by Gasteiger charge is 2.23. The van der Waals surface area contributed by atoms with E-state index in [9.17, 15) is 14.0 Å². The second kappa shape index (κ2) is 10.7. The summed E-state index contributed by atoms with van der Waals surface area (Å²) in [6.45, 7) is 0.365. The smallest absolute Gasteiger partial charge is 0.307 e. The average Bonchev–Trinajstić information content (AvgIpc) is 2.62. The first-order chi connectivity index (χ1) is 12.6. The van der Waals surface area contributed by atoms with Gasteiger partial charge in [-0.25, -0.2) is 4.39 Å². The van der Waals surface area contributed by atoms with Crippen LogP contribution in [0.15, 0.2) is 30.3 Å². The highest BCUT2D eigenvalue weighted by atomic mass is 19.1. The average molecular weight is 361 g/mol. The summed E-state index contributed by atoms with van der Waals surface area (Å²) in [5, 5.41) is 0. The number of carbonyl (C=O) groups excluding carboxylic acids is 2. The maximum Gasteiger partial charge on any atom is 0.307 e. The maximum atomic E-state index is 13.0. The summed E-state index contributed by atoms with van der Waals surface area (Å²) < 4.78 is 17.7. The standard InChI is InChI=1S/C21H28FNO3/c1-26-21(25)15-16-23(19-7-5-3-2-4-6-8-19)20(24)14-11-17-9-12-18(22)13-10-17/h9-14,19H,2-8,15-16H2,1H3/b14-11+. The van der Waals surface area contributed by atoms with Crippen molar-refractivity contribution in [2.24, 2.45) is 0 Å². The van der Waals surface area contributed by atoms with Gasteiger partial charge < -0.3 is 9.64 Å². The van der Waals surface area contributed by atoms with Gasteiger partial charge in [0.15, 0.2) is 0 Å². The van der Waals surface area contributed by atoms with E-state index in [1.807, 2.05) is 4.90 Å². The molecule has 142 valence electrons. The molecule has 0 radical (unpaired) electrons. The molecule has 1 aromatic rings. The third-order valence-electron chi connectivity index (χ3n) is 4.87. The van der Waals surface area contributed by atoms with Gasteiger partial charge in [0.2, 0.25) is 5.91 Å². The Morgan fingerprint density at radius 2 is 1.73 bits per heavy atom. The van der Waals surface area contributed by atoms with Crippen LogP contribution in [-0.4, -0.2) is 36.5 Å². The van der Waals surface area contributed by atoms with E-state index in [0.717, 1.165) is 31.2 Å². The number of hydrogen-bond acceptors (Lipinski definition) is 3. The summed E-state index contributed by atoms with van der Waals surface area (Å²) in [6.07, 6.45) is 11.2. The summed E-state index contributed by atoms with van der Waals surface area (Å²) in [5.41, 5.74) is 0.769. The van der Waals surface area contributed by atoms with E-state index < -0.39 is 0 Å². The quantitative estimate of drug-likeness (QED) is 0.559. The van der Waals surface area contributed by atoms with Gasteiger partial charge in [0, 0.05) is 18.7 Å². The van der Waals surface area contributed by atoms with Gasteiger partial charge in [0.1, 0.15) is 5.82 Å². The van der Waals surface area contributed by atoms with E-state index in [4.69, 9.17) is 4.74 Å². The van der Waals surface area contributed by atoms with E-state index in [-0.39, 0.29) is 30.2 Å². The van der Waals surface area contributed by atoms with E-state index in [0.29, 0.717) is 6.54 Å². The number of methoxy groups -OCH3 is 1. The first-order valence-electron chi connectivity index (χ1n) is 9.41. The van der Waals surface area contributed by atoms with Crippen molar-refractivity contribution in [1.82, 2.24) is 4.90 Å². The van der Waals surface area contributed by atoms with Crippen LogP contribution < -0.4 is 0 Å². The lowest BCUT2D eigenvalue weighted by molar-refractivity contribution is -0.141. The zero-order valence-electron chi connectivity index (χ0n) is 15.5. The van der Waals surface area contributed by atoms with Gasteiger partial charge in [0.25, 0.3) is 0 Å². The van der Waals surface area contributed by atoms with Crippen molar-refractivity contribution in [3.63, 3.8) is 0 Å². The molecule has 0 heterocycles. The molecule has 0 bridgehead atoms. The Morgan fingerprint density at radius 3 is 2.35 bits per heavy atom. The highest BCUT2D eigenvalue weighted by Crippen LogP contribution is 2.22. The largest absolute Gasteiger partial charge is 0.469 e. The molecule has 2 rings (SSSR count). The Hall–Kier alpha value is -2.17. The number of hydrogen-bond donors (Lipinski definition) is 0. The second-order valence-corrected chi connectivity index (χ2v) is 6.74. The topological polar surface area (TPSA) is 46.6 Å². The highest BCUT2D eigenvalue weighted by molar-refractivity contribution is 5.92. The minimum atomic E-state index is -0.309. The maximum absolute atomic E-state index is 13.0. The summed E-state index contributed by atoms with van der Waals surface area (Å²) in [6, 6.07) is 6.16. The van der Waals surface area contributed by atoms with Crippen LogP contribution in [0.2, 0.25) is 0 Å². The molecule has 1 saturated carbocycles. The predicted molar refractivity (Wildman–Crippen MR) is 99.9 cm³/mol. The van der Waals surface area contributed by atoms with Gasteiger partial charge in [-0.2, -0.15) is 0 Å². The number of carbonyl (C=O) groups is 2. The Bertz CT molecular complexity index is 604. The monoisotopic (exact) mass is 361 g/mol. The van der Waals surface area contributed by atoms with Gasteiger partial charge in [0.05, 0.1) is 13.5 Å². The van der Waals surface area contributed by atoms with Crippen LogP contribution in [0.5, 0.6) is 0 Å². The lowest BCUT2D eigenvalue weighted by atomic mass is 9.95. The third-order valence-corrected chi connectivity index (χ3v) is 4.87. The molecule has 0 unspecified atom stereocenters. The molecule has 1 aliphatic rings. The van der Waals surface area contributed by atoms with Crippen molar-refractivity contribution in [3.8, 4) is 0 Å². The molecule has 0 saturated heterocycles. The molecule has 0 aliphatic heterocycles. The fourth-order valence-corrected chi connectivity index (χ4v) is 3.37. The Morgan fingerprint density at radius 1 is 1.12 bits per heavy atom. The molecule has 1 amide bonds. The summed E-state index contributed by atoms with van der Waals surface area (Å²) in [7, 11) is 1.36. The van der Waals surface area contributed by atoms with Crippen molar-refractivity contribution in [2.75, 3.05) is 13.7 Å². The molecule has 1 aliphatic carbocycles. The molecular weight excluding hydrogens is 333 g/mol. The van der Waals surface area contributed by atoms with Crippen LogP contribution in [0.25, 0.3) is 6.08 Å². The first-order valence-corrected chi connectivity index (χ1v) is 9.41. The molecule has 0 N–H and O–H groups in total. The fraction of sp³-hybridized carbons (Fsp3) is 0.524. The molecule has 1 fully saturated rings. The second-order valence-electron chi connectivity index (χ2n) is 6.74.